The Morgan fingerprint density at radius 2 is 2.00 bits per heavy atom. The first kappa shape index (κ1) is 17.1. The highest BCUT2D eigenvalue weighted by Gasteiger charge is 2.37. The Bertz CT molecular complexity index is 537. The van der Waals surface area contributed by atoms with Crippen LogP contribution in [0.4, 0.5) is 0 Å². The highest BCUT2D eigenvalue weighted by Crippen LogP contribution is 2.49. The first-order valence-electron chi connectivity index (χ1n) is 5.49. The Kier molecular flexibility index (Phi) is 5.55. The summed E-state index contributed by atoms with van der Waals surface area (Å²) in [6.07, 6.45) is 0. The zero-order valence-electron chi connectivity index (χ0n) is 10.8. The quantitative estimate of drug-likeness (QED) is 0.583. The summed E-state index contributed by atoms with van der Waals surface area (Å²) in [7, 11) is -4.36. The van der Waals surface area contributed by atoms with Gasteiger partial charge in [-0.25, -0.2) is 0 Å². The molecule has 0 aromatic heterocycles. The number of rotatable bonds is 4. The van der Waals surface area contributed by atoms with Gasteiger partial charge in [0.25, 0.3) is 5.52 Å². The monoisotopic (exact) mass is 412 g/mol. The SMILES string of the molecule is CC(C)(C)OP(=O)(O)C(=O)c1ccc(CBr)cc1Br. The van der Waals surface area contributed by atoms with Gasteiger partial charge in [-0.2, -0.15) is 0 Å². The minimum absolute atomic E-state index is 0.139. The third kappa shape index (κ3) is 4.80. The van der Waals surface area contributed by atoms with Crippen molar-refractivity contribution >= 4 is 45.0 Å². The molecule has 1 atom stereocenters. The predicted molar refractivity (Wildman–Crippen MR) is 81.8 cm³/mol. The van der Waals surface area contributed by atoms with Crippen molar-refractivity contribution in [3.63, 3.8) is 0 Å². The zero-order valence-corrected chi connectivity index (χ0v) is 14.9. The molecule has 1 aromatic rings. The van der Waals surface area contributed by atoms with Crippen LogP contribution < -0.4 is 0 Å². The van der Waals surface area contributed by atoms with Gasteiger partial charge in [0.05, 0.1) is 5.60 Å². The molecule has 7 heteroatoms. The van der Waals surface area contributed by atoms with E-state index in [1.807, 2.05) is 0 Å². The topological polar surface area (TPSA) is 63.6 Å². The van der Waals surface area contributed by atoms with Gasteiger partial charge in [0, 0.05) is 15.4 Å². The molecule has 0 aliphatic carbocycles. The molecule has 0 aliphatic rings. The highest BCUT2D eigenvalue weighted by molar-refractivity contribution is 9.10. The van der Waals surface area contributed by atoms with Crippen LogP contribution in [0.1, 0.15) is 36.7 Å². The second-order valence-electron chi connectivity index (χ2n) is 4.98. The fourth-order valence-corrected chi connectivity index (χ4v) is 3.81. The van der Waals surface area contributed by atoms with E-state index in [1.54, 1.807) is 32.9 Å². The molecule has 0 aliphatic heterocycles. The van der Waals surface area contributed by atoms with Crippen LogP contribution in [0.5, 0.6) is 0 Å². The van der Waals surface area contributed by atoms with Crippen molar-refractivity contribution in [3.05, 3.63) is 33.8 Å². The van der Waals surface area contributed by atoms with Crippen LogP contribution >= 0.6 is 39.5 Å². The van der Waals surface area contributed by atoms with Crippen LogP contribution in [0.2, 0.25) is 0 Å². The number of alkyl halides is 1. The summed E-state index contributed by atoms with van der Waals surface area (Å²) < 4.78 is 17.4. The van der Waals surface area contributed by atoms with E-state index in [1.165, 1.54) is 6.07 Å². The van der Waals surface area contributed by atoms with Crippen molar-refractivity contribution in [1.29, 1.82) is 0 Å². The summed E-state index contributed by atoms with van der Waals surface area (Å²) in [5, 5.41) is 0.634. The van der Waals surface area contributed by atoms with Crippen molar-refractivity contribution in [3.8, 4) is 0 Å². The van der Waals surface area contributed by atoms with Crippen molar-refractivity contribution in [2.75, 3.05) is 0 Å². The van der Waals surface area contributed by atoms with Gasteiger partial charge in [-0.05, 0) is 38.5 Å². The van der Waals surface area contributed by atoms with Crippen LogP contribution in [0, 0.1) is 0 Å². The minimum Gasteiger partial charge on any atom is -0.319 e. The Labute approximate surface area is 129 Å². The van der Waals surface area contributed by atoms with Crippen molar-refractivity contribution in [1.82, 2.24) is 0 Å². The molecule has 4 nitrogen and oxygen atoms in total. The fraction of sp³-hybridized carbons (Fsp3) is 0.417. The molecule has 0 saturated carbocycles. The van der Waals surface area contributed by atoms with E-state index in [-0.39, 0.29) is 5.56 Å². The second-order valence-corrected chi connectivity index (χ2v) is 8.02. The van der Waals surface area contributed by atoms with Gasteiger partial charge in [-0.15, -0.1) is 0 Å². The van der Waals surface area contributed by atoms with Crippen molar-refractivity contribution in [2.45, 2.75) is 31.7 Å². The first-order valence-corrected chi connectivity index (χ1v) is 8.99. The van der Waals surface area contributed by atoms with Gasteiger partial charge in [0.1, 0.15) is 0 Å². The Morgan fingerprint density at radius 3 is 2.42 bits per heavy atom. The van der Waals surface area contributed by atoms with Crippen LogP contribution in [0.25, 0.3) is 0 Å². The average Bonchev–Trinajstić information content (AvgIpc) is 2.24. The van der Waals surface area contributed by atoms with E-state index < -0.39 is 18.7 Å². The third-order valence-electron chi connectivity index (χ3n) is 2.07. The number of carbonyl (C=O) groups excluding carboxylic acids is 1. The lowest BCUT2D eigenvalue weighted by Gasteiger charge is -2.22. The molecular formula is C12H15Br2O4P. The average molecular weight is 414 g/mol. The van der Waals surface area contributed by atoms with Gasteiger partial charge in [0.15, 0.2) is 0 Å². The Balaban J connectivity index is 3.10. The van der Waals surface area contributed by atoms with E-state index >= 15 is 0 Å². The van der Waals surface area contributed by atoms with Gasteiger partial charge in [-0.3, -0.25) is 13.9 Å². The standard InChI is InChI=1S/C12H15Br2O4P/c1-12(2,3)18-19(16,17)11(15)9-5-4-8(7-13)6-10(9)14/h4-6H,7H2,1-3H3,(H,16,17). The summed E-state index contributed by atoms with van der Waals surface area (Å²) in [5.41, 5.74) is -0.689. The number of benzene rings is 1. The third-order valence-corrected chi connectivity index (χ3v) is 4.93. The molecule has 0 saturated heterocycles. The summed E-state index contributed by atoms with van der Waals surface area (Å²) >= 11 is 6.53. The van der Waals surface area contributed by atoms with Gasteiger partial charge >= 0.3 is 7.60 Å². The molecule has 1 N–H and O–H groups in total. The van der Waals surface area contributed by atoms with E-state index in [0.29, 0.717) is 9.80 Å². The maximum atomic E-state index is 12.1. The number of hydrogen-bond donors (Lipinski definition) is 1. The van der Waals surface area contributed by atoms with Crippen LogP contribution in [0.3, 0.4) is 0 Å². The molecule has 106 valence electrons. The zero-order chi connectivity index (χ0) is 14.8. The summed E-state index contributed by atoms with van der Waals surface area (Å²) in [6.45, 7) is 4.85. The predicted octanol–water partition coefficient (Wildman–Crippen LogP) is 4.48. The van der Waals surface area contributed by atoms with Crippen LogP contribution in [-0.4, -0.2) is 16.0 Å². The lowest BCUT2D eigenvalue weighted by atomic mass is 10.2. The first-order chi connectivity index (χ1) is 8.57. The van der Waals surface area contributed by atoms with E-state index in [9.17, 15) is 14.3 Å². The highest BCUT2D eigenvalue weighted by atomic mass is 79.9. The smallest absolute Gasteiger partial charge is 0.319 e. The normalized spacial score (nSPS) is 15.1. The summed E-state index contributed by atoms with van der Waals surface area (Å²) in [4.78, 5) is 21.9. The van der Waals surface area contributed by atoms with Gasteiger partial charge < -0.3 is 4.89 Å². The Morgan fingerprint density at radius 1 is 1.42 bits per heavy atom. The number of hydrogen-bond acceptors (Lipinski definition) is 3. The largest absolute Gasteiger partial charge is 0.399 e. The molecule has 0 heterocycles. The lowest BCUT2D eigenvalue weighted by molar-refractivity contribution is 0.0866. The molecule has 0 radical (unpaired) electrons. The van der Waals surface area contributed by atoms with E-state index in [2.05, 4.69) is 31.9 Å². The molecule has 0 fully saturated rings. The second kappa shape index (κ2) is 6.19. The summed E-state index contributed by atoms with van der Waals surface area (Å²) in [5.74, 6) is 0. The minimum atomic E-state index is -4.36. The molecule has 1 rings (SSSR count). The molecule has 0 bridgehead atoms. The van der Waals surface area contributed by atoms with Gasteiger partial charge in [0.2, 0.25) is 0 Å². The maximum Gasteiger partial charge on any atom is 0.399 e. The van der Waals surface area contributed by atoms with Crippen molar-refractivity contribution in [2.24, 2.45) is 0 Å². The van der Waals surface area contributed by atoms with E-state index in [4.69, 9.17) is 4.52 Å². The number of halogens is 2. The van der Waals surface area contributed by atoms with E-state index in [0.717, 1.165) is 5.56 Å². The van der Waals surface area contributed by atoms with Gasteiger partial charge in [-0.1, -0.05) is 37.9 Å². The number of carbonyl (C=O) groups is 1. The molecule has 1 unspecified atom stereocenters. The molecule has 1 aromatic carbocycles. The molecular weight excluding hydrogens is 399 g/mol. The Hall–Kier alpha value is -0.000000000000000111. The van der Waals surface area contributed by atoms with Crippen molar-refractivity contribution < 1.29 is 18.8 Å². The maximum absolute atomic E-state index is 12.1. The molecule has 0 spiro atoms. The van der Waals surface area contributed by atoms with Crippen LogP contribution in [0.15, 0.2) is 22.7 Å². The molecule has 19 heavy (non-hydrogen) atoms. The molecule has 0 amide bonds. The van der Waals surface area contributed by atoms with Crippen LogP contribution in [-0.2, 0) is 14.4 Å². The fourth-order valence-electron chi connectivity index (χ4n) is 1.38. The summed E-state index contributed by atoms with van der Waals surface area (Å²) in [6, 6.07) is 4.95. The lowest BCUT2D eigenvalue weighted by Crippen LogP contribution is -2.20.